The van der Waals surface area contributed by atoms with E-state index in [1.54, 1.807) is 49.6 Å². The van der Waals surface area contributed by atoms with Gasteiger partial charge in [-0.3, -0.25) is 19.2 Å². The average Bonchev–Trinajstić information content (AvgIpc) is 2.97. The zero-order chi connectivity index (χ0) is 15.4. The van der Waals surface area contributed by atoms with Gasteiger partial charge >= 0.3 is 5.97 Å². The molecule has 6 nitrogen and oxygen atoms in total. The summed E-state index contributed by atoms with van der Waals surface area (Å²) in [4.78, 5) is 24.8. The van der Waals surface area contributed by atoms with Crippen molar-refractivity contribution in [1.29, 1.82) is 0 Å². The van der Waals surface area contributed by atoms with Gasteiger partial charge in [0.05, 0.1) is 0 Å². The molecular formula is C14H14ClN3O3. The molecule has 0 aliphatic heterocycles. The minimum Gasteiger partial charge on any atom is -0.480 e. The molecule has 0 saturated heterocycles. The quantitative estimate of drug-likeness (QED) is 0.919. The lowest BCUT2D eigenvalue weighted by Crippen LogP contribution is -2.40. The Bertz CT molecular complexity index is 643. The molecule has 0 spiro atoms. The van der Waals surface area contributed by atoms with Crippen LogP contribution in [0.2, 0.25) is 5.02 Å². The topological polar surface area (TPSA) is 75.4 Å². The molecule has 2 aromatic rings. The molecule has 2 rings (SSSR count). The molecule has 0 aliphatic rings. The SMILES string of the molecule is CC(C(=O)N(CC(=O)O)c1cccc(Cl)c1)n1cccn1. The van der Waals surface area contributed by atoms with Crippen LogP contribution in [0.15, 0.2) is 42.7 Å². The van der Waals surface area contributed by atoms with E-state index >= 15 is 0 Å². The second kappa shape index (κ2) is 6.41. The number of carbonyl (C=O) groups excluding carboxylic acids is 1. The van der Waals surface area contributed by atoms with E-state index in [1.807, 2.05) is 0 Å². The number of hydrogen-bond acceptors (Lipinski definition) is 3. The van der Waals surface area contributed by atoms with Crippen molar-refractivity contribution in [1.82, 2.24) is 9.78 Å². The second-order valence-electron chi connectivity index (χ2n) is 4.46. The van der Waals surface area contributed by atoms with E-state index in [2.05, 4.69) is 5.10 Å². The minimum absolute atomic E-state index is 0.372. The Labute approximate surface area is 126 Å². The normalized spacial score (nSPS) is 11.9. The molecule has 0 aliphatic carbocycles. The van der Waals surface area contributed by atoms with Crippen molar-refractivity contribution in [2.75, 3.05) is 11.4 Å². The summed E-state index contributed by atoms with van der Waals surface area (Å²) in [6.07, 6.45) is 3.21. The van der Waals surface area contributed by atoms with Crippen LogP contribution in [0.5, 0.6) is 0 Å². The van der Waals surface area contributed by atoms with E-state index in [4.69, 9.17) is 16.7 Å². The maximum atomic E-state index is 12.5. The maximum Gasteiger partial charge on any atom is 0.323 e. The lowest BCUT2D eigenvalue weighted by atomic mass is 10.2. The van der Waals surface area contributed by atoms with Gasteiger partial charge in [-0.25, -0.2) is 0 Å². The number of anilines is 1. The van der Waals surface area contributed by atoms with Crippen LogP contribution in [0, 0.1) is 0 Å². The summed E-state index contributed by atoms with van der Waals surface area (Å²) in [6.45, 7) is 1.22. The maximum absolute atomic E-state index is 12.5. The molecule has 0 fully saturated rings. The van der Waals surface area contributed by atoms with Crippen molar-refractivity contribution >= 4 is 29.2 Å². The Balaban J connectivity index is 2.31. The van der Waals surface area contributed by atoms with Gasteiger partial charge in [0.2, 0.25) is 0 Å². The Morgan fingerprint density at radius 1 is 1.43 bits per heavy atom. The van der Waals surface area contributed by atoms with Crippen LogP contribution in [0.25, 0.3) is 0 Å². The summed E-state index contributed by atoms with van der Waals surface area (Å²) in [7, 11) is 0. The molecule has 1 heterocycles. The van der Waals surface area contributed by atoms with E-state index < -0.39 is 18.6 Å². The minimum atomic E-state index is -1.10. The number of aromatic nitrogens is 2. The lowest BCUT2D eigenvalue weighted by Gasteiger charge is -2.24. The summed E-state index contributed by atoms with van der Waals surface area (Å²) >= 11 is 5.91. The van der Waals surface area contributed by atoms with Crippen LogP contribution >= 0.6 is 11.6 Å². The van der Waals surface area contributed by atoms with Crippen molar-refractivity contribution in [3.63, 3.8) is 0 Å². The van der Waals surface area contributed by atoms with E-state index in [0.29, 0.717) is 10.7 Å². The predicted molar refractivity (Wildman–Crippen MR) is 78.4 cm³/mol. The van der Waals surface area contributed by atoms with E-state index in [-0.39, 0.29) is 5.91 Å². The van der Waals surface area contributed by atoms with E-state index in [9.17, 15) is 9.59 Å². The largest absolute Gasteiger partial charge is 0.480 e. The first-order valence-corrected chi connectivity index (χ1v) is 6.64. The first-order chi connectivity index (χ1) is 9.99. The van der Waals surface area contributed by atoms with Gasteiger partial charge in [-0.05, 0) is 31.2 Å². The summed E-state index contributed by atoms with van der Waals surface area (Å²) in [5, 5.41) is 13.5. The molecule has 0 radical (unpaired) electrons. The van der Waals surface area contributed by atoms with Crippen LogP contribution in [-0.4, -0.2) is 33.3 Å². The number of carboxylic acid groups (broad SMARTS) is 1. The first kappa shape index (κ1) is 15.1. The van der Waals surface area contributed by atoms with Gasteiger partial charge < -0.3 is 5.11 Å². The third kappa shape index (κ3) is 3.61. The Morgan fingerprint density at radius 2 is 2.19 bits per heavy atom. The monoisotopic (exact) mass is 307 g/mol. The fraction of sp³-hybridized carbons (Fsp3) is 0.214. The number of carboxylic acids is 1. The van der Waals surface area contributed by atoms with E-state index in [0.717, 1.165) is 0 Å². The number of hydrogen-bond donors (Lipinski definition) is 1. The van der Waals surface area contributed by atoms with Crippen LogP contribution in [-0.2, 0) is 9.59 Å². The molecule has 1 N–H and O–H groups in total. The molecule has 1 aromatic heterocycles. The predicted octanol–water partition coefficient (Wildman–Crippen LogP) is 2.22. The molecular weight excluding hydrogens is 294 g/mol. The first-order valence-electron chi connectivity index (χ1n) is 6.27. The van der Waals surface area contributed by atoms with Crippen molar-refractivity contribution in [3.8, 4) is 0 Å². The van der Waals surface area contributed by atoms with Crippen LogP contribution in [0.1, 0.15) is 13.0 Å². The second-order valence-corrected chi connectivity index (χ2v) is 4.90. The third-order valence-electron chi connectivity index (χ3n) is 2.96. The molecule has 7 heteroatoms. The third-order valence-corrected chi connectivity index (χ3v) is 3.19. The summed E-state index contributed by atoms with van der Waals surface area (Å²) in [5.74, 6) is -1.47. The van der Waals surface area contributed by atoms with Gasteiger partial charge in [-0.1, -0.05) is 17.7 Å². The summed E-state index contributed by atoms with van der Waals surface area (Å²) < 4.78 is 1.47. The highest BCUT2D eigenvalue weighted by Gasteiger charge is 2.25. The highest BCUT2D eigenvalue weighted by Crippen LogP contribution is 2.22. The molecule has 0 saturated carbocycles. The fourth-order valence-electron chi connectivity index (χ4n) is 1.92. The number of nitrogens with zero attached hydrogens (tertiary/aromatic N) is 3. The van der Waals surface area contributed by atoms with Gasteiger partial charge in [0.1, 0.15) is 12.6 Å². The molecule has 1 aromatic carbocycles. The number of carbonyl (C=O) groups is 2. The van der Waals surface area contributed by atoms with Crippen LogP contribution < -0.4 is 4.90 Å². The molecule has 1 unspecified atom stereocenters. The van der Waals surface area contributed by atoms with Gasteiger partial charge in [0.15, 0.2) is 0 Å². The van der Waals surface area contributed by atoms with Crippen molar-refractivity contribution in [2.45, 2.75) is 13.0 Å². The molecule has 1 atom stereocenters. The fourth-order valence-corrected chi connectivity index (χ4v) is 2.11. The summed E-state index contributed by atoms with van der Waals surface area (Å²) in [5.41, 5.74) is 0.439. The highest BCUT2D eigenvalue weighted by molar-refractivity contribution is 6.31. The number of halogens is 1. The smallest absolute Gasteiger partial charge is 0.323 e. The molecule has 21 heavy (non-hydrogen) atoms. The standard InChI is InChI=1S/C14H14ClN3O3/c1-10(18-7-3-6-16-18)14(21)17(9-13(19)20)12-5-2-4-11(15)8-12/h2-8,10H,9H2,1H3,(H,19,20). The number of benzene rings is 1. The average molecular weight is 308 g/mol. The van der Waals surface area contributed by atoms with Gasteiger partial charge in [-0.2, -0.15) is 5.10 Å². The summed E-state index contributed by atoms with van der Waals surface area (Å²) in [6, 6.07) is 7.60. The van der Waals surface area contributed by atoms with Gasteiger partial charge in [0, 0.05) is 23.1 Å². The highest BCUT2D eigenvalue weighted by atomic mass is 35.5. The number of rotatable bonds is 5. The number of amides is 1. The van der Waals surface area contributed by atoms with Gasteiger partial charge in [0.25, 0.3) is 5.91 Å². The van der Waals surface area contributed by atoms with Crippen molar-refractivity contribution in [3.05, 3.63) is 47.7 Å². The Morgan fingerprint density at radius 3 is 2.76 bits per heavy atom. The van der Waals surface area contributed by atoms with Crippen molar-refractivity contribution < 1.29 is 14.7 Å². The zero-order valence-corrected chi connectivity index (χ0v) is 12.1. The molecule has 1 amide bonds. The zero-order valence-electron chi connectivity index (χ0n) is 11.3. The van der Waals surface area contributed by atoms with Crippen molar-refractivity contribution in [2.24, 2.45) is 0 Å². The Kier molecular flexibility index (Phi) is 4.59. The number of aliphatic carboxylic acids is 1. The van der Waals surface area contributed by atoms with Crippen LogP contribution in [0.4, 0.5) is 5.69 Å². The van der Waals surface area contributed by atoms with E-state index in [1.165, 1.54) is 9.58 Å². The molecule has 0 bridgehead atoms. The lowest BCUT2D eigenvalue weighted by molar-refractivity contribution is -0.137. The molecule has 110 valence electrons. The van der Waals surface area contributed by atoms with Gasteiger partial charge in [-0.15, -0.1) is 0 Å². The van der Waals surface area contributed by atoms with Crippen LogP contribution in [0.3, 0.4) is 0 Å². The Hall–Kier alpha value is -2.34.